The zero-order valence-corrected chi connectivity index (χ0v) is 13.1. The molecule has 6 heteroatoms. The number of amides is 1. The van der Waals surface area contributed by atoms with E-state index in [0.29, 0.717) is 12.0 Å². The maximum absolute atomic E-state index is 14.0. The average Bonchev–Trinajstić information content (AvgIpc) is 2.95. The summed E-state index contributed by atoms with van der Waals surface area (Å²) in [5, 5.41) is 0. The van der Waals surface area contributed by atoms with E-state index in [1.165, 1.54) is 4.90 Å². The van der Waals surface area contributed by atoms with Gasteiger partial charge in [0.05, 0.1) is 10.2 Å². The monoisotopic (exact) mass is 367 g/mol. The average molecular weight is 368 g/mol. The van der Waals surface area contributed by atoms with E-state index in [9.17, 15) is 13.6 Å². The van der Waals surface area contributed by atoms with E-state index >= 15 is 0 Å². The molecular weight excluding hydrogens is 356 g/mol. The van der Waals surface area contributed by atoms with Crippen molar-refractivity contribution in [2.45, 2.75) is 13.0 Å². The molecule has 2 aromatic carbocycles. The summed E-state index contributed by atoms with van der Waals surface area (Å²) < 4.78 is 32.6. The minimum absolute atomic E-state index is 0.118. The lowest BCUT2D eigenvalue weighted by Gasteiger charge is -2.17. The Morgan fingerprint density at radius 3 is 2.73 bits per heavy atom. The maximum atomic E-state index is 14.0. The summed E-state index contributed by atoms with van der Waals surface area (Å²) in [6.45, 7) is 0.392. The summed E-state index contributed by atoms with van der Waals surface area (Å²) in [7, 11) is 0. The van der Waals surface area contributed by atoms with E-state index < -0.39 is 17.7 Å². The molecule has 1 amide bonds. The van der Waals surface area contributed by atoms with Crippen molar-refractivity contribution < 1.29 is 18.3 Å². The number of hydrogen-bond acceptors (Lipinski definition) is 2. The van der Waals surface area contributed by atoms with Crippen LogP contribution in [0.15, 0.2) is 40.9 Å². The van der Waals surface area contributed by atoms with Crippen molar-refractivity contribution >= 4 is 27.7 Å². The van der Waals surface area contributed by atoms with Crippen LogP contribution >= 0.6 is 15.9 Å². The lowest BCUT2D eigenvalue weighted by Crippen LogP contribution is -2.29. The zero-order valence-electron chi connectivity index (χ0n) is 11.5. The van der Waals surface area contributed by atoms with Crippen molar-refractivity contribution in [1.29, 1.82) is 0 Å². The molecule has 0 aliphatic carbocycles. The predicted octanol–water partition coefficient (Wildman–Crippen LogP) is 4.43. The van der Waals surface area contributed by atoms with Gasteiger partial charge in [-0.25, -0.2) is 13.6 Å². The molecule has 22 heavy (non-hydrogen) atoms. The van der Waals surface area contributed by atoms with E-state index in [1.807, 2.05) is 30.3 Å². The fraction of sp³-hybridized carbons (Fsp3) is 0.188. The van der Waals surface area contributed by atoms with E-state index in [4.69, 9.17) is 4.74 Å². The molecule has 1 aliphatic heterocycles. The third-order valence-electron chi connectivity index (χ3n) is 3.54. The highest BCUT2D eigenvalue weighted by molar-refractivity contribution is 9.10. The van der Waals surface area contributed by atoms with Crippen LogP contribution < -0.4 is 4.90 Å². The lowest BCUT2D eigenvalue weighted by molar-refractivity contribution is 0.147. The van der Waals surface area contributed by atoms with Crippen molar-refractivity contribution in [2.24, 2.45) is 0 Å². The molecule has 0 spiro atoms. The van der Waals surface area contributed by atoms with Gasteiger partial charge in [0.2, 0.25) is 0 Å². The van der Waals surface area contributed by atoms with Gasteiger partial charge in [0.25, 0.3) is 0 Å². The molecule has 0 radical (unpaired) electrons. The van der Waals surface area contributed by atoms with Crippen LogP contribution in [0.1, 0.15) is 11.1 Å². The molecule has 0 saturated heterocycles. The summed E-state index contributed by atoms with van der Waals surface area (Å²) in [5.41, 5.74) is 1.41. The molecule has 0 atom stereocenters. The third-order valence-corrected chi connectivity index (χ3v) is 4.27. The first-order chi connectivity index (χ1) is 10.6. The Morgan fingerprint density at radius 2 is 2.00 bits per heavy atom. The number of rotatable bonds is 2. The van der Waals surface area contributed by atoms with Gasteiger partial charge in [-0.15, -0.1) is 0 Å². The summed E-state index contributed by atoms with van der Waals surface area (Å²) in [4.78, 5) is 13.4. The number of hydrogen-bond donors (Lipinski definition) is 0. The van der Waals surface area contributed by atoms with E-state index in [-0.39, 0.29) is 23.3 Å². The fourth-order valence-electron chi connectivity index (χ4n) is 2.43. The second kappa shape index (κ2) is 6.04. The Labute approximate surface area is 134 Å². The molecule has 0 saturated carbocycles. The quantitative estimate of drug-likeness (QED) is 0.735. The standard InChI is InChI=1S/C16H12BrF2NO2/c17-14-12(18)8-13-11(15(14)19)6-7-20(13)16(21)22-9-10-4-2-1-3-5-10/h1-5,8H,6-7,9H2. The second-order valence-corrected chi connectivity index (χ2v) is 5.72. The molecule has 114 valence electrons. The molecule has 0 unspecified atom stereocenters. The van der Waals surface area contributed by atoms with Crippen molar-refractivity contribution in [3.8, 4) is 0 Å². The molecule has 1 heterocycles. The highest BCUT2D eigenvalue weighted by Gasteiger charge is 2.30. The summed E-state index contributed by atoms with van der Waals surface area (Å²) >= 11 is 2.87. The minimum atomic E-state index is -0.737. The molecule has 1 aliphatic rings. The highest BCUT2D eigenvalue weighted by Crippen LogP contribution is 2.36. The van der Waals surface area contributed by atoms with Crippen LogP contribution in [0.4, 0.5) is 19.3 Å². The van der Waals surface area contributed by atoms with Crippen LogP contribution in [-0.4, -0.2) is 12.6 Å². The van der Waals surface area contributed by atoms with E-state index in [0.717, 1.165) is 11.6 Å². The number of ether oxygens (including phenoxy) is 1. The lowest BCUT2D eigenvalue weighted by atomic mass is 10.1. The zero-order chi connectivity index (χ0) is 15.7. The second-order valence-electron chi connectivity index (χ2n) is 4.93. The first-order valence-corrected chi connectivity index (χ1v) is 7.52. The van der Waals surface area contributed by atoms with Crippen molar-refractivity contribution in [1.82, 2.24) is 0 Å². The van der Waals surface area contributed by atoms with Gasteiger partial charge in [0.15, 0.2) is 0 Å². The van der Waals surface area contributed by atoms with E-state index in [2.05, 4.69) is 15.9 Å². The Balaban J connectivity index is 1.77. The first-order valence-electron chi connectivity index (χ1n) is 6.72. The Hall–Kier alpha value is -1.95. The number of nitrogens with zero attached hydrogens (tertiary/aromatic N) is 1. The van der Waals surface area contributed by atoms with Gasteiger partial charge in [-0.3, -0.25) is 4.90 Å². The number of carbonyl (C=O) groups excluding carboxylic acids is 1. The number of carbonyl (C=O) groups is 1. The summed E-state index contributed by atoms with van der Waals surface area (Å²) in [5.74, 6) is -1.40. The minimum Gasteiger partial charge on any atom is -0.444 e. The van der Waals surface area contributed by atoms with Gasteiger partial charge in [0.1, 0.15) is 18.2 Å². The van der Waals surface area contributed by atoms with Gasteiger partial charge in [-0.1, -0.05) is 30.3 Å². The predicted molar refractivity (Wildman–Crippen MR) is 81.7 cm³/mol. The number of benzene rings is 2. The molecule has 3 rings (SSSR count). The third kappa shape index (κ3) is 2.70. The number of anilines is 1. The fourth-order valence-corrected chi connectivity index (χ4v) is 2.78. The van der Waals surface area contributed by atoms with Crippen molar-refractivity contribution in [3.05, 3.63) is 63.6 Å². The molecular formula is C16H12BrF2NO2. The molecule has 0 bridgehead atoms. The van der Waals surface area contributed by atoms with Gasteiger partial charge < -0.3 is 4.74 Å². The van der Waals surface area contributed by atoms with Crippen LogP contribution in [0.25, 0.3) is 0 Å². The molecule has 0 fully saturated rings. The topological polar surface area (TPSA) is 29.5 Å². The Morgan fingerprint density at radius 1 is 1.27 bits per heavy atom. The van der Waals surface area contributed by atoms with Gasteiger partial charge in [0, 0.05) is 12.1 Å². The van der Waals surface area contributed by atoms with Gasteiger partial charge >= 0.3 is 6.09 Å². The summed E-state index contributed by atoms with van der Waals surface area (Å²) in [6, 6.07) is 10.4. The van der Waals surface area contributed by atoms with Crippen molar-refractivity contribution in [2.75, 3.05) is 11.4 Å². The number of fused-ring (bicyclic) bond motifs is 1. The van der Waals surface area contributed by atoms with Crippen LogP contribution in [0.3, 0.4) is 0 Å². The normalized spacial score (nSPS) is 13.1. The maximum Gasteiger partial charge on any atom is 0.414 e. The van der Waals surface area contributed by atoms with E-state index in [1.54, 1.807) is 0 Å². The molecule has 3 nitrogen and oxygen atoms in total. The largest absolute Gasteiger partial charge is 0.444 e. The van der Waals surface area contributed by atoms with Gasteiger partial charge in [-0.2, -0.15) is 0 Å². The van der Waals surface area contributed by atoms with Crippen LogP contribution in [0.2, 0.25) is 0 Å². The Kier molecular flexibility index (Phi) is 4.11. The highest BCUT2D eigenvalue weighted by atomic mass is 79.9. The first kappa shape index (κ1) is 15.0. The summed E-state index contributed by atoms with van der Waals surface area (Å²) in [6.07, 6.45) is -0.274. The van der Waals surface area contributed by atoms with Crippen LogP contribution in [0, 0.1) is 11.6 Å². The molecule has 2 aromatic rings. The molecule has 0 aromatic heterocycles. The smallest absolute Gasteiger partial charge is 0.414 e. The van der Waals surface area contributed by atoms with Crippen LogP contribution in [0.5, 0.6) is 0 Å². The Bertz CT molecular complexity index is 722. The number of halogens is 3. The van der Waals surface area contributed by atoms with Crippen molar-refractivity contribution in [3.63, 3.8) is 0 Å². The molecule has 0 N–H and O–H groups in total. The SMILES string of the molecule is O=C(OCc1ccccc1)N1CCc2c1cc(F)c(Br)c2F. The van der Waals surface area contributed by atoms with Gasteiger partial charge in [-0.05, 0) is 34.0 Å². The van der Waals surface area contributed by atoms with Crippen LogP contribution in [-0.2, 0) is 17.8 Å².